The van der Waals surface area contributed by atoms with E-state index in [0.29, 0.717) is 11.2 Å². The van der Waals surface area contributed by atoms with Gasteiger partial charge in [0.05, 0.1) is 10.7 Å². The maximum atomic E-state index is 11.3. The average Bonchev–Trinajstić information content (AvgIpc) is 2.58. The molecular formula is C8H7IN4O2. The average molecular weight is 318 g/mol. The molecule has 0 spiro atoms. The number of anilines is 1. The molecule has 2 heterocycles. The third kappa shape index (κ3) is 1.62. The van der Waals surface area contributed by atoms with E-state index in [1.807, 2.05) is 0 Å². The van der Waals surface area contributed by atoms with Crippen molar-refractivity contribution in [3.63, 3.8) is 0 Å². The molecule has 2 aromatic heterocycles. The number of nitrogens with zero attached hydrogens (tertiary/aromatic N) is 2. The molecule has 0 bridgehead atoms. The lowest BCUT2D eigenvalue weighted by molar-refractivity contribution is 0.0595. The Balaban J connectivity index is 2.70. The predicted molar refractivity (Wildman–Crippen MR) is 62.4 cm³/mol. The largest absolute Gasteiger partial charge is 0.464 e. The molecule has 0 aliphatic rings. The van der Waals surface area contributed by atoms with Gasteiger partial charge in [-0.1, -0.05) is 0 Å². The summed E-state index contributed by atoms with van der Waals surface area (Å²) in [6, 6.07) is 0. The summed E-state index contributed by atoms with van der Waals surface area (Å²) in [6.07, 6.45) is 1.74. The van der Waals surface area contributed by atoms with E-state index in [0.717, 1.165) is 3.57 Å². The molecule has 0 aliphatic heterocycles. The summed E-state index contributed by atoms with van der Waals surface area (Å²) in [6.45, 7) is 0. The molecule has 0 atom stereocenters. The Labute approximate surface area is 98.4 Å². The normalized spacial score (nSPS) is 10.5. The van der Waals surface area contributed by atoms with Crippen LogP contribution in [-0.2, 0) is 4.74 Å². The number of nitrogens with one attached hydrogen (secondary N) is 1. The number of hydrogen-bond acceptors (Lipinski definition) is 5. The van der Waals surface area contributed by atoms with Crippen molar-refractivity contribution in [1.29, 1.82) is 0 Å². The third-order valence-electron chi connectivity index (χ3n) is 1.86. The molecule has 78 valence electrons. The number of hydrogen-bond donors (Lipinski definition) is 2. The SMILES string of the molecule is COC(=O)c1nc2c(I)c[nH]c2nc1N. The van der Waals surface area contributed by atoms with Crippen molar-refractivity contribution >= 4 is 45.5 Å². The first-order valence-electron chi connectivity index (χ1n) is 4.02. The Hall–Kier alpha value is -1.38. The number of rotatable bonds is 1. The zero-order chi connectivity index (χ0) is 11.0. The molecule has 15 heavy (non-hydrogen) atoms. The first-order chi connectivity index (χ1) is 7.13. The molecule has 0 aliphatic carbocycles. The quantitative estimate of drug-likeness (QED) is 0.603. The third-order valence-corrected chi connectivity index (χ3v) is 2.69. The van der Waals surface area contributed by atoms with E-state index in [4.69, 9.17) is 5.73 Å². The number of halogens is 1. The van der Waals surface area contributed by atoms with Gasteiger partial charge >= 0.3 is 5.97 Å². The monoisotopic (exact) mass is 318 g/mol. The van der Waals surface area contributed by atoms with Gasteiger partial charge in [-0.05, 0) is 22.6 Å². The van der Waals surface area contributed by atoms with Gasteiger partial charge in [-0.2, -0.15) is 0 Å². The second-order valence-electron chi connectivity index (χ2n) is 2.78. The molecule has 7 heteroatoms. The van der Waals surface area contributed by atoms with Crippen molar-refractivity contribution in [1.82, 2.24) is 15.0 Å². The number of H-pyrrole nitrogens is 1. The number of aromatic nitrogens is 3. The number of carbonyl (C=O) groups is 1. The Morgan fingerprint density at radius 1 is 1.60 bits per heavy atom. The fourth-order valence-corrected chi connectivity index (χ4v) is 1.69. The number of esters is 1. The number of ether oxygens (including phenoxy) is 1. The van der Waals surface area contributed by atoms with E-state index >= 15 is 0 Å². The number of nitrogen functional groups attached to an aromatic ring is 1. The zero-order valence-corrected chi connectivity index (χ0v) is 9.90. The Morgan fingerprint density at radius 2 is 2.33 bits per heavy atom. The highest BCUT2D eigenvalue weighted by molar-refractivity contribution is 14.1. The van der Waals surface area contributed by atoms with Crippen molar-refractivity contribution in [3.8, 4) is 0 Å². The van der Waals surface area contributed by atoms with Crippen LogP contribution >= 0.6 is 22.6 Å². The van der Waals surface area contributed by atoms with Crippen LogP contribution in [0, 0.1) is 3.57 Å². The van der Waals surface area contributed by atoms with Crippen molar-refractivity contribution in [2.75, 3.05) is 12.8 Å². The lowest BCUT2D eigenvalue weighted by atomic mass is 10.4. The molecule has 6 nitrogen and oxygen atoms in total. The van der Waals surface area contributed by atoms with Gasteiger partial charge in [-0.15, -0.1) is 0 Å². The van der Waals surface area contributed by atoms with Gasteiger partial charge in [-0.25, -0.2) is 14.8 Å². The van der Waals surface area contributed by atoms with Crippen LogP contribution in [-0.4, -0.2) is 28.0 Å². The van der Waals surface area contributed by atoms with Crippen LogP contribution < -0.4 is 5.73 Å². The highest BCUT2D eigenvalue weighted by atomic mass is 127. The van der Waals surface area contributed by atoms with E-state index in [-0.39, 0.29) is 11.5 Å². The second kappa shape index (κ2) is 3.65. The standard InChI is InChI=1S/C8H7IN4O2/c1-15-8(14)5-6(10)13-7-4(12-5)3(9)2-11-7/h2H,1H3,(H3,10,11,13). The van der Waals surface area contributed by atoms with Crippen molar-refractivity contribution in [2.24, 2.45) is 0 Å². The van der Waals surface area contributed by atoms with Crippen LogP contribution in [0.5, 0.6) is 0 Å². The highest BCUT2D eigenvalue weighted by Gasteiger charge is 2.16. The summed E-state index contributed by atoms with van der Waals surface area (Å²) >= 11 is 2.09. The summed E-state index contributed by atoms with van der Waals surface area (Å²) in [5.41, 5.74) is 6.80. The molecule has 0 fully saturated rings. The molecule has 0 aromatic carbocycles. The first-order valence-corrected chi connectivity index (χ1v) is 5.09. The van der Waals surface area contributed by atoms with Gasteiger partial charge < -0.3 is 15.5 Å². The van der Waals surface area contributed by atoms with Crippen molar-refractivity contribution in [3.05, 3.63) is 15.5 Å². The minimum Gasteiger partial charge on any atom is -0.464 e. The van der Waals surface area contributed by atoms with Gasteiger partial charge in [0, 0.05) is 6.20 Å². The summed E-state index contributed by atoms with van der Waals surface area (Å²) < 4.78 is 5.42. The minimum atomic E-state index is -0.584. The van der Waals surface area contributed by atoms with Gasteiger partial charge in [-0.3, -0.25) is 0 Å². The second-order valence-corrected chi connectivity index (χ2v) is 3.95. The van der Waals surface area contributed by atoms with Gasteiger partial charge in [0.2, 0.25) is 0 Å². The lowest BCUT2D eigenvalue weighted by Crippen LogP contribution is -2.10. The molecule has 2 aromatic rings. The van der Waals surface area contributed by atoms with Crippen LogP contribution in [0.4, 0.5) is 5.82 Å². The van der Waals surface area contributed by atoms with Crippen LogP contribution in [0.3, 0.4) is 0 Å². The van der Waals surface area contributed by atoms with Gasteiger partial charge in [0.15, 0.2) is 17.2 Å². The van der Waals surface area contributed by atoms with Crippen molar-refractivity contribution < 1.29 is 9.53 Å². The predicted octanol–water partition coefficient (Wildman–Crippen LogP) is 0.931. The number of aromatic amines is 1. The van der Waals surface area contributed by atoms with Crippen LogP contribution in [0.2, 0.25) is 0 Å². The summed E-state index contributed by atoms with van der Waals surface area (Å²) in [5, 5.41) is 0. The molecule has 2 rings (SSSR count). The van der Waals surface area contributed by atoms with E-state index in [9.17, 15) is 4.79 Å². The number of fused-ring (bicyclic) bond motifs is 1. The van der Waals surface area contributed by atoms with E-state index in [2.05, 4.69) is 42.3 Å². The number of nitrogens with two attached hydrogens (primary N) is 1. The molecule has 0 saturated heterocycles. The molecule has 3 N–H and O–H groups in total. The number of methoxy groups -OCH3 is 1. The summed E-state index contributed by atoms with van der Waals surface area (Å²) in [4.78, 5) is 22.3. The molecule has 0 unspecified atom stereocenters. The first kappa shape index (κ1) is 10.1. The topological polar surface area (TPSA) is 93.9 Å². The highest BCUT2D eigenvalue weighted by Crippen LogP contribution is 2.19. The van der Waals surface area contributed by atoms with E-state index < -0.39 is 5.97 Å². The molecule has 0 amide bonds. The summed E-state index contributed by atoms with van der Waals surface area (Å²) in [7, 11) is 1.27. The smallest absolute Gasteiger partial charge is 0.360 e. The maximum Gasteiger partial charge on any atom is 0.360 e. The minimum absolute atomic E-state index is 0.0440. The Kier molecular flexibility index (Phi) is 2.47. The molecule has 0 radical (unpaired) electrons. The molecule has 0 saturated carbocycles. The van der Waals surface area contributed by atoms with E-state index in [1.165, 1.54) is 7.11 Å². The van der Waals surface area contributed by atoms with Crippen LogP contribution in [0.15, 0.2) is 6.20 Å². The fourth-order valence-electron chi connectivity index (χ4n) is 1.16. The van der Waals surface area contributed by atoms with Gasteiger partial charge in [0.25, 0.3) is 0 Å². The Bertz CT molecular complexity index is 537. The maximum absolute atomic E-state index is 11.3. The lowest BCUT2D eigenvalue weighted by Gasteiger charge is -2.01. The van der Waals surface area contributed by atoms with Crippen molar-refractivity contribution in [2.45, 2.75) is 0 Å². The number of carbonyl (C=O) groups excluding carboxylic acids is 1. The van der Waals surface area contributed by atoms with E-state index in [1.54, 1.807) is 6.20 Å². The van der Waals surface area contributed by atoms with Crippen LogP contribution in [0.25, 0.3) is 11.2 Å². The zero-order valence-electron chi connectivity index (χ0n) is 7.74. The van der Waals surface area contributed by atoms with Crippen LogP contribution in [0.1, 0.15) is 10.5 Å². The molecular weight excluding hydrogens is 311 g/mol. The fraction of sp³-hybridized carbons (Fsp3) is 0.125. The van der Waals surface area contributed by atoms with Gasteiger partial charge in [0.1, 0.15) is 5.52 Å². The Morgan fingerprint density at radius 3 is 3.00 bits per heavy atom. The summed E-state index contributed by atoms with van der Waals surface area (Å²) in [5.74, 6) is -0.522.